The molecule has 0 spiro atoms. The van der Waals surface area contributed by atoms with Gasteiger partial charge in [-0.1, -0.05) is 41.4 Å². The van der Waals surface area contributed by atoms with Crippen molar-refractivity contribution in [3.8, 4) is 5.75 Å². The SMILES string of the molecule is O=C1O/C(=C/Oc2ccc(Cl)cc2Cl)c2ccccc21. The molecule has 1 aliphatic rings. The Labute approximate surface area is 125 Å². The fourth-order valence-electron chi connectivity index (χ4n) is 1.86. The Morgan fingerprint density at radius 3 is 2.55 bits per heavy atom. The lowest BCUT2D eigenvalue weighted by Gasteiger charge is -2.04. The van der Waals surface area contributed by atoms with Crippen LogP contribution in [0.2, 0.25) is 10.0 Å². The minimum Gasteiger partial charge on any atom is -0.460 e. The lowest BCUT2D eigenvalue weighted by Crippen LogP contribution is -1.92. The van der Waals surface area contributed by atoms with Gasteiger partial charge in [-0.3, -0.25) is 0 Å². The largest absolute Gasteiger partial charge is 0.460 e. The molecule has 0 fully saturated rings. The molecule has 0 bridgehead atoms. The number of hydrogen-bond donors (Lipinski definition) is 0. The van der Waals surface area contributed by atoms with Crippen LogP contribution in [-0.2, 0) is 4.74 Å². The van der Waals surface area contributed by atoms with Crippen LogP contribution in [0.5, 0.6) is 5.75 Å². The molecule has 20 heavy (non-hydrogen) atoms. The first kappa shape index (κ1) is 13.0. The molecular weight excluding hydrogens is 299 g/mol. The van der Waals surface area contributed by atoms with E-state index in [0.29, 0.717) is 32.7 Å². The van der Waals surface area contributed by atoms with E-state index in [2.05, 4.69) is 0 Å². The number of halogens is 2. The average molecular weight is 307 g/mol. The zero-order chi connectivity index (χ0) is 14.1. The second-order valence-electron chi connectivity index (χ2n) is 4.11. The summed E-state index contributed by atoms with van der Waals surface area (Å²) >= 11 is 11.8. The van der Waals surface area contributed by atoms with Gasteiger partial charge >= 0.3 is 5.97 Å². The highest BCUT2D eigenvalue weighted by atomic mass is 35.5. The van der Waals surface area contributed by atoms with Crippen molar-refractivity contribution in [1.82, 2.24) is 0 Å². The van der Waals surface area contributed by atoms with Crippen LogP contribution in [0, 0.1) is 0 Å². The van der Waals surface area contributed by atoms with E-state index in [1.807, 2.05) is 6.07 Å². The van der Waals surface area contributed by atoms with Crippen molar-refractivity contribution >= 4 is 34.9 Å². The molecule has 0 amide bonds. The number of fused-ring (bicyclic) bond motifs is 1. The number of carbonyl (C=O) groups is 1. The van der Waals surface area contributed by atoms with E-state index >= 15 is 0 Å². The summed E-state index contributed by atoms with van der Waals surface area (Å²) in [5.74, 6) is 0.401. The van der Waals surface area contributed by atoms with Gasteiger partial charge in [0.15, 0.2) is 5.76 Å². The maximum Gasteiger partial charge on any atom is 0.344 e. The summed E-state index contributed by atoms with van der Waals surface area (Å²) in [5.41, 5.74) is 1.21. The van der Waals surface area contributed by atoms with E-state index < -0.39 is 5.97 Å². The van der Waals surface area contributed by atoms with Gasteiger partial charge in [0.05, 0.1) is 10.6 Å². The predicted molar refractivity (Wildman–Crippen MR) is 76.9 cm³/mol. The lowest BCUT2D eigenvalue weighted by atomic mass is 10.1. The van der Waals surface area contributed by atoms with Gasteiger partial charge in [-0.05, 0) is 24.3 Å². The first-order chi connectivity index (χ1) is 9.65. The van der Waals surface area contributed by atoms with Crippen LogP contribution in [0.1, 0.15) is 15.9 Å². The maximum absolute atomic E-state index is 11.6. The van der Waals surface area contributed by atoms with Crippen LogP contribution in [0.4, 0.5) is 0 Å². The van der Waals surface area contributed by atoms with Crippen LogP contribution >= 0.6 is 23.2 Å². The average Bonchev–Trinajstić information content (AvgIpc) is 2.75. The summed E-state index contributed by atoms with van der Waals surface area (Å²) in [6, 6.07) is 12.0. The van der Waals surface area contributed by atoms with Crippen molar-refractivity contribution in [2.24, 2.45) is 0 Å². The molecule has 0 aliphatic carbocycles. The third-order valence-electron chi connectivity index (χ3n) is 2.80. The van der Waals surface area contributed by atoms with Gasteiger partial charge in [0, 0.05) is 10.6 Å². The molecule has 0 unspecified atom stereocenters. The Kier molecular flexibility index (Phi) is 3.38. The van der Waals surface area contributed by atoms with Crippen LogP contribution in [0.25, 0.3) is 5.76 Å². The van der Waals surface area contributed by atoms with Crippen molar-refractivity contribution in [2.75, 3.05) is 0 Å². The molecule has 3 rings (SSSR count). The molecule has 0 radical (unpaired) electrons. The molecule has 1 aliphatic heterocycles. The molecule has 0 saturated heterocycles. The van der Waals surface area contributed by atoms with Gasteiger partial charge in [-0.15, -0.1) is 0 Å². The number of ether oxygens (including phenoxy) is 2. The first-order valence-corrected chi connectivity index (χ1v) is 6.54. The van der Waals surface area contributed by atoms with Crippen molar-refractivity contribution in [3.05, 3.63) is 69.9 Å². The van der Waals surface area contributed by atoms with Gasteiger partial charge in [0.2, 0.25) is 0 Å². The number of carbonyl (C=O) groups excluding carboxylic acids is 1. The fourth-order valence-corrected chi connectivity index (χ4v) is 2.31. The van der Waals surface area contributed by atoms with E-state index in [9.17, 15) is 4.79 Å². The Hall–Kier alpha value is -1.97. The summed E-state index contributed by atoms with van der Waals surface area (Å²) < 4.78 is 10.6. The molecule has 2 aromatic rings. The molecule has 5 heteroatoms. The highest BCUT2D eigenvalue weighted by molar-refractivity contribution is 6.35. The van der Waals surface area contributed by atoms with Crippen molar-refractivity contribution in [3.63, 3.8) is 0 Å². The van der Waals surface area contributed by atoms with E-state index in [4.69, 9.17) is 32.7 Å². The van der Waals surface area contributed by atoms with Crippen molar-refractivity contribution in [1.29, 1.82) is 0 Å². The van der Waals surface area contributed by atoms with Crippen molar-refractivity contribution < 1.29 is 14.3 Å². The van der Waals surface area contributed by atoms with Crippen LogP contribution in [0.15, 0.2) is 48.7 Å². The summed E-state index contributed by atoms with van der Waals surface area (Å²) in [6.07, 6.45) is 1.36. The zero-order valence-electron chi connectivity index (χ0n) is 10.1. The van der Waals surface area contributed by atoms with Gasteiger partial charge < -0.3 is 9.47 Å². The van der Waals surface area contributed by atoms with E-state index in [-0.39, 0.29) is 0 Å². The normalized spacial score (nSPS) is 15.1. The van der Waals surface area contributed by atoms with Crippen LogP contribution in [-0.4, -0.2) is 5.97 Å². The Morgan fingerprint density at radius 1 is 1.05 bits per heavy atom. The highest BCUT2D eigenvalue weighted by Gasteiger charge is 2.26. The van der Waals surface area contributed by atoms with Crippen molar-refractivity contribution in [2.45, 2.75) is 0 Å². The number of esters is 1. The lowest BCUT2D eigenvalue weighted by molar-refractivity contribution is 0.0712. The molecular formula is C15H8Cl2O3. The first-order valence-electron chi connectivity index (χ1n) is 5.78. The van der Waals surface area contributed by atoms with E-state index in [0.717, 1.165) is 0 Å². The summed E-state index contributed by atoms with van der Waals surface area (Å²) in [4.78, 5) is 11.6. The summed E-state index contributed by atoms with van der Waals surface area (Å²) in [5, 5.41) is 0.902. The number of hydrogen-bond acceptors (Lipinski definition) is 3. The summed E-state index contributed by atoms with van der Waals surface area (Å²) in [6.45, 7) is 0. The number of cyclic esters (lactones) is 1. The second kappa shape index (κ2) is 5.19. The van der Waals surface area contributed by atoms with Crippen LogP contribution < -0.4 is 4.74 Å². The van der Waals surface area contributed by atoms with E-state index in [1.54, 1.807) is 36.4 Å². The third-order valence-corrected chi connectivity index (χ3v) is 3.33. The van der Waals surface area contributed by atoms with E-state index in [1.165, 1.54) is 6.26 Å². The fraction of sp³-hybridized carbons (Fsp3) is 0. The standard InChI is InChI=1S/C15H8Cl2O3/c16-9-5-6-13(12(17)7-9)19-8-14-10-3-1-2-4-11(10)15(18)20-14/h1-8H/b14-8+. The molecule has 0 atom stereocenters. The van der Waals surface area contributed by atoms with Gasteiger partial charge in [-0.25, -0.2) is 4.79 Å². The molecule has 2 aromatic carbocycles. The highest BCUT2D eigenvalue weighted by Crippen LogP contribution is 2.32. The van der Waals surface area contributed by atoms with Crippen LogP contribution in [0.3, 0.4) is 0 Å². The monoisotopic (exact) mass is 306 g/mol. The molecule has 3 nitrogen and oxygen atoms in total. The van der Waals surface area contributed by atoms with Gasteiger partial charge in [0.1, 0.15) is 12.0 Å². The Bertz CT molecular complexity index is 723. The molecule has 0 N–H and O–H groups in total. The second-order valence-corrected chi connectivity index (χ2v) is 4.95. The smallest absolute Gasteiger partial charge is 0.344 e. The quantitative estimate of drug-likeness (QED) is 0.603. The molecule has 0 saturated carbocycles. The van der Waals surface area contributed by atoms with Gasteiger partial charge in [0.25, 0.3) is 0 Å². The topological polar surface area (TPSA) is 35.5 Å². The number of rotatable bonds is 2. The molecule has 0 aromatic heterocycles. The predicted octanol–water partition coefficient (Wildman–Crippen LogP) is 4.54. The molecule has 1 heterocycles. The Morgan fingerprint density at radius 2 is 1.80 bits per heavy atom. The third kappa shape index (κ3) is 2.38. The molecule has 100 valence electrons. The minimum absolute atomic E-state index is 0.358. The zero-order valence-corrected chi connectivity index (χ0v) is 11.6. The number of benzene rings is 2. The van der Waals surface area contributed by atoms with Gasteiger partial charge in [-0.2, -0.15) is 0 Å². The summed E-state index contributed by atoms with van der Waals surface area (Å²) in [7, 11) is 0. The Balaban J connectivity index is 1.89. The maximum atomic E-state index is 11.6. The minimum atomic E-state index is -0.391.